The summed E-state index contributed by atoms with van der Waals surface area (Å²) in [7, 11) is 0. The second kappa shape index (κ2) is 10.5. The maximum atomic E-state index is 14.2. The number of hydrogen-bond donors (Lipinski definition) is 2. The fraction of sp³-hybridized carbons (Fsp3) is 0.476. The van der Waals surface area contributed by atoms with E-state index in [1.807, 2.05) is 0 Å². The number of hydrogen-bond acceptors (Lipinski definition) is 9. The van der Waals surface area contributed by atoms with Gasteiger partial charge in [0.05, 0.1) is 11.5 Å². The number of benzene rings is 1. The van der Waals surface area contributed by atoms with Crippen molar-refractivity contribution in [1.29, 1.82) is 0 Å². The molecule has 3 unspecified atom stereocenters. The van der Waals surface area contributed by atoms with Crippen LogP contribution < -0.4 is 5.32 Å². The highest BCUT2D eigenvalue weighted by molar-refractivity contribution is 7.80. The van der Waals surface area contributed by atoms with Gasteiger partial charge in [0.25, 0.3) is 0 Å². The van der Waals surface area contributed by atoms with E-state index in [0.29, 0.717) is 12.1 Å². The predicted octanol–water partition coefficient (Wildman–Crippen LogP) is 2.88. The lowest BCUT2D eigenvalue weighted by molar-refractivity contribution is -0.390. The molecular formula is C21H24F2N2O8S. The van der Waals surface area contributed by atoms with Crippen LogP contribution in [-0.4, -0.2) is 53.1 Å². The van der Waals surface area contributed by atoms with Gasteiger partial charge in [0.15, 0.2) is 11.2 Å². The van der Waals surface area contributed by atoms with Gasteiger partial charge in [-0.2, -0.15) is 8.78 Å². The van der Waals surface area contributed by atoms with Crippen molar-refractivity contribution in [2.45, 2.75) is 44.3 Å². The summed E-state index contributed by atoms with van der Waals surface area (Å²) in [5.74, 6) is -5.05. The Hall–Kier alpha value is -3.06. The molecule has 0 aromatic heterocycles. The van der Waals surface area contributed by atoms with Crippen LogP contribution in [0.1, 0.15) is 26.3 Å². The molecule has 1 fully saturated rings. The zero-order valence-electron chi connectivity index (χ0n) is 18.6. The van der Waals surface area contributed by atoms with E-state index in [-0.39, 0.29) is 18.8 Å². The SMILES string of the molecule is C=CCOC(=O)C1(Cc2cc(F)c([N+](=O)[O-])c(F)c2)C(=O)C(NC(=O)OC(C)(C)C)COC1S. The topological polar surface area (TPSA) is 134 Å². The van der Waals surface area contributed by atoms with Gasteiger partial charge >= 0.3 is 17.7 Å². The van der Waals surface area contributed by atoms with E-state index >= 15 is 0 Å². The molecule has 1 aliphatic rings. The summed E-state index contributed by atoms with van der Waals surface area (Å²) in [6.07, 6.45) is -0.420. The summed E-state index contributed by atoms with van der Waals surface area (Å²) in [5, 5.41) is 13.2. The van der Waals surface area contributed by atoms with Crippen molar-refractivity contribution in [3.8, 4) is 0 Å². The van der Waals surface area contributed by atoms with Crippen LogP contribution in [-0.2, 0) is 30.2 Å². The van der Waals surface area contributed by atoms with Crippen molar-refractivity contribution in [2.24, 2.45) is 5.41 Å². The first kappa shape index (κ1) is 27.2. The minimum absolute atomic E-state index is 0.273. The van der Waals surface area contributed by atoms with Gasteiger partial charge in [-0.1, -0.05) is 12.7 Å². The number of alkyl carbamates (subject to hydrolysis) is 1. The van der Waals surface area contributed by atoms with E-state index in [1.165, 1.54) is 6.08 Å². The Morgan fingerprint density at radius 1 is 1.38 bits per heavy atom. The number of halogens is 2. The molecule has 1 aliphatic heterocycles. The van der Waals surface area contributed by atoms with Crippen LogP contribution in [0, 0.1) is 27.2 Å². The second-order valence-electron chi connectivity index (χ2n) is 8.45. The van der Waals surface area contributed by atoms with Gasteiger partial charge in [0.2, 0.25) is 11.6 Å². The van der Waals surface area contributed by atoms with E-state index in [2.05, 4.69) is 24.5 Å². The molecule has 1 heterocycles. The molecule has 186 valence electrons. The van der Waals surface area contributed by atoms with Crippen molar-refractivity contribution in [3.05, 3.63) is 52.1 Å². The number of nitrogens with one attached hydrogen (secondary N) is 1. The van der Waals surface area contributed by atoms with Gasteiger partial charge in [-0.25, -0.2) is 4.79 Å². The van der Waals surface area contributed by atoms with Crippen LogP contribution in [0.3, 0.4) is 0 Å². The first-order chi connectivity index (χ1) is 15.7. The number of nitro groups is 1. The summed E-state index contributed by atoms with van der Waals surface area (Å²) in [5.41, 5.74) is -6.24. The molecule has 13 heteroatoms. The van der Waals surface area contributed by atoms with Crippen LogP contribution in [0.4, 0.5) is 19.3 Å². The van der Waals surface area contributed by atoms with Gasteiger partial charge in [-0.15, -0.1) is 12.6 Å². The maximum Gasteiger partial charge on any atom is 0.408 e. The monoisotopic (exact) mass is 502 g/mol. The Balaban J connectivity index is 2.49. The Kier molecular flexibility index (Phi) is 8.37. The molecule has 1 saturated heterocycles. The van der Waals surface area contributed by atoms with Crippen molar-refractivity contribution in [1.82, 2.24) is 5.32 Å². The highest BCUT2D eigenvalue weighted by atomic mass is 32.1. The summed E-state index contributed by atoms with van der Waals surface area (Å²) >= 11 is 4.19. The van der Waals surface area contributed by atoms with Crippen molar-refractivity contribution >= 4 is 36.2 Å². The Labute approximate surface area is 199 Å². The third-order valence-electron chi connectivity index (χ3n) is 4.73. The number of carbonyl (C=O) groups is 3. The van der Waals surface area contributed by atoms with Crippen molar-refractivity contribution in [3.63, 3.8) is 0 Å². The molecule has 2 rings (SSSR count). The lowest BCUT2D eigenvalue weighted by Crippen LogP contribution is -2.63. The smallest absolute Gasteiger partial charge is 0.408 e. The third-order valence-corrected chi connectivity index (χ3v) is 5.32. The number of ketones is 1. The van der Waals surface area contributed by atoms with Crippen LogP contribution in [0.2, 0.25) is 0 Å². The Morgan fingerprint density at radius 2 is 1.97 bits per heavy atom. The zero-order chi connectivity index (χ0) is 25.8. The number of carbonyl (C=O) groups excluding carboxylic acids is 3. The fourth-order valence-electron chi connectivity index (χ4n) is 3.32. The van der Waals surface area contributed by atoms with Crippen LogP contribution in [0.25, 0.3) is 0 Å². The summed E-state index contributed by atoms with van der Waals surface area (Å²) in [4.78, 5) is 48.4. The highest BCUT2D eigenvalue weighted by Crippen LogP contribution is 2.39. The minimum Gasteiger partial charge on any atom is -0.461 e. The van der Waals surface area contributed by atoms with E-state index < -0.39 is 69.0 Å². The predicted molar refractivity (Wildman–Crippen MR) is 117 cm³/mol. The van der Waals surface area contributed by atoms with Gasteiger partial charge in [0.1, 0.15) is 23.7 Å². The Bertz CT molecular complexity index is 990. The molecule has 0 saturated carbocycles. The first-order valence-electron chi connectivity index (χ1n) is 9.97. The largest absolute Gasteiger partial charge is 0.461 e. The molecule has 1 aromatic carbocycles. The second-order valence-corrected chi connectivity index (χ2v) is 8.92. The molecular weight excluding hydrogens is 478 g/mol. The molecule has 1 amide bonds. The number of esters is 1. The normalized spacial score (nSPS) is 22.6. The van der Waals surface area contributed by atoms with Crippen molar-refractivity contribution in [2.75, 3.05) is 13.2 Å². The molecule has 0 radical (unpaired) electrons. The zero-order valence-corrected chi connectivity index (χ0v) is 19.5. The minimum atomic E-state index is -2.26. The lowest BCUT2D eigenvalue weighted by Gasteiger charge is -2.41. The number of rotatable bonds is 7. The van der Waals surface area contributed by atoms with Gasteiger partial charge < -0.3 is 19.5 Å². The first-order valence-corrected chi connectivity index (χ1v) is 10.5. The maximum absolute atomic E-state index is 14.2. The van der Waals surface area contributed by atoms with E-state index in [0.717, 1.165) is 0 Å². The Morgan fingerprint density at radius 3 is 2.47 bits per heavy atom. The van der Waals surface area contributed by atoms with E-state index in [9.17, 15) is 33.3 Å². The summed E-state index contributed by atoms with van der Waals surface area (Å²) in [6, 6.07) is -0.132. The average molecular weight is 502 g/mol. The number of Topliss-reactive ketones (excluding diaryl/α,β-unsaturated/α-hetero) is 1. The highest BCUT2D eigenvalue weighted by Gasteiger charge is 2.58. The number of ether oxygens (including phenoxy) is 3. The number of nitrogens with zero attached hydrogens (tertiary/aromatic N) is 1. The molecule has 0 aliphatic carbocycles. The number of thiol groups is 1. The molecule has 1 N–H and O–H groups in total. The quantitative estimate of drug-likeness (QED) is 0.145. The molecule has 0 bridgehead atoms. The van der Waals surface area contributed by atoms with Crippen LogP contribution in [0.15, 0.2) is 24.8 Å². The van der Waals surface area contributed by atoms with Crippen LogP contribution >= 0.6 is 12.6 Å². The van der Waals surface area contributed by atoms with E-state index in [1.54, 1.807) is 20.8 Å². The molecule has 1 aromatic rings. The van der Waals surface area contributed by atoms with Gasteiger partial charge in [0, 0.05) is 0 Å². The summed E-state index contributed by atoms with van der Waals surface area (Å²) in [6.45, 7) is 7.54. The number of amides is 1. The molecule has 10 nitrogen and oxygen atoms in total. The number of nitro benzene ring substituents is 1. The lowest BCUT2D eigenvalue weighted by atomic mass is 9.74. The standard InChI is InChI=1S/C21H24F2N2O8S/c1-5-6-31-17(27)21(9-11-7-12(22)15(25(29)30)13(23)8-11)16(26)14(10-32-18(21)34)24-19(28)33-20(2,3)4/h5,7-8,14,18,34H,1,6,9-10H2,2-4H3,(H,24,28). The summed E-state index contributed by atoms with van der Waals surface area (Å²) < 4.78 is 44.1. The molecule has 3 atom stereocenters. The molecule has 0 spiro atoms. The van der Waals surface area contributed by atoms with Gasteiger partial charge in [-0.05, 0) is 44.9 Å². The molecule has 34 heavy (non-hydrogen) atoms. The third kappa shape index (κ3) is 5.89. The average Bonchev–Trinajstić information content (AvgIpc) is 2.69. The van der Waals surface area contributed by atoms with E-state index in [4.69, 9.17) is 14.2 Å². The van der Waals surface area contributed by atoms with Crippen molar-refractivity contribution < 1.29 is 42.3 Å². The van der Waals surface area contributed by atoms with Crippen LogP contribution in [0.5, 0.6) is 0 Å². The van der Waals surface area contributed by atoms with Gasteiger partial charge in [-0.3, -0.25) is 19.7 Å². The fourth-order valence-corrected chi connectivity index (χ4v) is 3.73.